The van der Waals surface area contributed by atoms with Crippen LogP contribution in [0.5, 0.6) is 0 Å². The Morgan fingerprint density at radius 1 is 1.05 bits per heavy atom. The summed E-state index contributed by atoms with van der Waals surface area (Å²) in [7, 11) is 0. The number of nitrogens with one attached hydrogen (secondary N) is 1. The molecule has 4 heteroatoms. The van der Waals surface area contributed by atoms with Crippen molar-refractivity contribution in [1.29, 1.82) is 5.26 Å². The molecule has 3 nitrogen and oxygen atoms in total. The predicted octanol–water partition coefficient (Wildman–Crippen LogP) is 3.78. The van der Waals surface area contributed by atoms with Crippen molar-refractivity contribution < 1.29 is 0 Å². The van der Waals surface area contributed by atoms with E-state index in [2.05, 4.69) is 21.3 Å². The summed E-state index contributed by atoms with van der Waals surface area (Å²) in [4.78, 5) is 6.73. The first-order valence-electron chi connectivity index (χ1n) is 6.80. The third-order valence-electron chi connectivity index (χ3n) is 3.08. The van der Waals surface area contributed by atoms with E-state index in [1.165, 1.54) is 0 Å². The fourth-order valence-electron chi connectivity index (χ4n) is 1.97. The molecule has 1 aromatic heterocycles. The van der Waals surface area contributed by atoms with Crippen LogP contribution in [0.4, 0.5) is 5.69 Å². The van der Waals surface area contributed by atoms with Crippen molar-refractivity contribution in [2.75, 3.05) is 5.32 Å². The monoisotopic (exact) mass is 351 g/mol. The van der Waals surface area contributed by atoms with Gasteiger partial charge < -0.3 is 0 Å². The van der Waals surface area contributed by atoms with Crippen LogP contribution in [0.15, 0.2) is 71.8 Å². The fraction of sp³-hybridized carbons (Fsp3) is 0. The van der Waals surface area contributed by atoms with Crippen molar-refractivity contribution >= 4 is 25.8 Å². The zero-order valence-corrected chi connectivity index (χ0v) is 13.4. The normalized spacial score (nSPS) is 11.0. The molecule has 0 saturated heterocycles. The van der Waals surface area contributed by atoms with Crippen molar-refractivity contribution in [3.63, 3.8) is 0 Å². The molecule has 0 aliphatic carbocycles. The van der Waals surface area contributed by atoms with Crippen LogP contribution in [-0.4, -0.2) is 19.5 Å². The van der Waals surface area contributed by atoms with E-state index in [0.29, 0.717) is 5.57 Å². The summed E-state index contributed by atoms with van der Waals surface area (Å²) < 4.78 is 0.859. The molecule has 0 aliphatic rings. The average molecular weight is 350 g/mol. The van der Waals surface area contributed by atoms with Gasteiger partial charge in [-0.1, -0.05) is 0 Å². The van der Waals surface area contributed by atoms with E-state index < -0.39 is 0 Å². The number of allylic oxidation sites excluding steroid dienone is 1. The van der Waals surface area contributed by atoms with Gasteiger partial charge >= 0.3 is 135 Å². The van der Waals surface area contributed by atoms with E-state index in [0.717, 1.165) is 21.5 Å². The number of rotatable bonds is 4. The molecule has 0 radical (unpaired) electrons. The van der Waals surface area contributed by atoms with Gasteiger partial charge in [0.25, 0.3) is 0 Å². The van der Waals surface area contributed by atoms with Crippen LogP contribution in [0, 0.1) is 11.3 Å². The van der Waals surface area contributed by atoms with Crippen LogP contribution in [0.3, 0.4) is 0 Å². The van der Waals surface area contributed by atoms with Gasteiger partial charge in [0.15, 0.2) is 0 Å². The number of aromatic nitrogens is 1. The second kappa shape index (κ2) is 6.91. The zero-order chi connectivity index (χ0) is 15.2. The fourth-order valence-corrected chi connectivity index (χ4v) is 3.64. The number of anilines is 1. The molecule has 3 aromatic rings. The Bertz CT molecular complexity index is 814. The van der Waals surface area contributed by atoms with Gasteiger partial charge in [-0.05, 0) is 0 Å². The van der Waals surface area contributed by atoms with E-state index in [-0.39, 0.29) is 14.5 Å². The first-order valence-corrected chi connectivity index (χ1v) is 8.64. The summed E-state index contributed by atoms with van der Waals surface area (Å²) in [6.07, 6.45) is 1.73. The van der Waals surface area contributed by atoms with E-state index in [1.54, 1.807) is 6.20 Å². The van der Waals surface area contributed by atoms with Crippen molar-refractivity contribution in [3.05, 3.63) is 76.4 Å². The van der Waals surface area contributed by atoms with Gasteiger partial charge in [0.2, 0.25) is 0 Å². The quantitative estimate of drug-likeness (QED) is 0.575. The van der Waals surface area contributed by atoms with Crippen molar-refractivity contribution in [2.24, 2.45) is 0 Å². The topological polar surface area (TPSA) is 48.7 Å². The number of nitriles is 1. The van der Waals surface area contributed by atoms with Crippen molar-refractivity contribution in [2.45, 2.75) is 0 Å². The van der Waals surface area contributed by atoms with Gasteiger partial charge in [-0.2, -0.15) is 0 Å². The minimum atomic E-state index is 0.0884. The van der Waals surface area contributed by atoms with Crippen LogP contribution in [0.1, 0.15) is 4.57 Å². The second-order valence-electron chi connectivity index (χ2n) is 4.58. The molecule has 3 rings (SSSR count). The van der Waals surface area contributed by atoms with Crippen LogP contribution in [0.2, 0.25) is 0 Å². The first kappa shape index (κ1) is 14.3. The van der Waals surface area contributed by atoms with Gasteiger partial charge in [-0.15, -0.1) is 0 Å². The van der Waals surface area contributed by atoms with E-state index in [4.69, 9.17) is 0 Å². The molecule has 106 valence electrons. The van der Waals surface area contributed by atoms with Crippen LogP contribution in [0.25, 0.3) is 16.8 Å². The number of para-hydroxylation sites is 1. The molecule has 0 bridgehead atoms. The average Bonchev–Trinajstić information content (AvgIpc) is 3.07. The predicted molar refractivity (Wildman–Crippen MR) is 90.3 cm³/mol. The third kappa shape index (κ3) is 3.35. The number of nitrogens with zero attached hydrogens (tertiary/aromatic N) is 2. The van der Waals surface area contributed by atoms with Crippen LogP contribution >= 0.6 is 0 Å². The van der Waals surface area contributed by atoms with Gasteiger partial charge in [-0.3, -0.25) is 0 Å². The molecule has 0 atom stereocenters. The SMILES string of the molecule is N#CC(=CNc1ccccc1)c1nc(-c2ccccc2)c[se]1. The molecule has 0 unspecified atom stereocenters. The molecule has 2 aromatic carbocycles. The summed E-state index contributed by atoms with van der Waals surface area (Å²) in [5.74, 6) is 0. The molecule has 0 amide bonds. The van der Waals surface area contributed by atoms with Gasteiger partial charge in [0.05, 0.1) is 0 Å². The van der Waals surface area contributed by atoms with Gasteiger partial charge in [0.1, 0.15) is 0 Å². The van der Waals surface area contributed by atoms with Gasteiger partial charge in [-0.25, -0.2) is 0 Å². The Kier molecular flexibility index (Phi) is 4.50. The summed E-state index contributed by atoms with van der Waals surface area (Å²) in [5.41, 5.74) is 3.59. The molecule has 0 saturated carbocycles. The summed E-state index contributed by atoms with van der Waals surface area (Å²) in [5, 5.41) is 12.5. The third-order valence-corrected chi connectivity index (χ3v) is 4.92. The zero-order valence-electron chi connectivity index (χ0n) is 11.7. The minimum absolute atomic E-state index is 0.0884. The molecule has 0 spiro atoms. The Labute approximate surface area is 135 Å². The standard InChI is InChI=1S/C18H13N3Se/c19-11-15(12-20-16-9-5-2-6-10-16)18-21-17(13-22-18)14-7-3-1-4-8-14/h1-10,12-13,20H. The van der Waals surface area contributed by atoms with E-state index in [9.17, 15) is 5.26 Å². The molecule has 1 N–H and O–H groups in total. The Hall–Kier alpha value is -2.60. The molecule has 0 fully saturated rings. The van der Waals surface area contributed by atoms with Crippen molar-refractivity contribution in [3.8, 4) is 17.3 Å². The molecule has 22 heavy (non-hydrogen) atoms. The molecular formula is C18H13N3Se. The summed E-state index contributed by atoms with van der Waals surface area (Å²) >= 11 is 0.0884. The number of hydrogen-bond donors (Lipinski definition) is 1. The molecule has 0 aliphatic heterocycles. The number of hydrogen-bond acceptors (Lipinski definition) is 3. The van der Waals surface area contributed by atoms with Gasteiger partial charge in [0, 0.05) is 0 Å². The summed E-state index contributed by atoms with van der Waals surface area (Å²) in [6, 6.07) is 22.1. The Morgan fingerprint density at radius 3 is 2.41 bits per heavy atom. The van der Waals surface area contributed by atoms with E-state index >= 15 is 0 Å². The number of benzene rings is 2. The molecular weight excluding hydrogens is 337 g/mol. The van der Waals surface area contributed by atoms with Crippen LogP contribution in [-0.2, 0) is 0 Å². The molecule has 1 heterocycles. The Balaban J connectivity index is 1.83. The van der Waals surface area contributed by atoms with Crippen LogP contribution < -0.4 is 5.32 Å². The Morgan fingerprint density at radius 2 is 1.73 bits per heavy atom. The second-order valence-corrected chi connectivity index (χ2v) is 6.38. The maximum absolute atomic E-state index is 9.37. The maximum atomic E-state index is 9.37. The first-order chi connectivity index (χ1) is 10.9. The van der Waals surface area contributed by atoms with E-state index in [1.807, 2.05) is 60.7 Å². The summed E-state index contributed by atoms with van der Waals surface area (Å²) in [6.45, 7) is 0. The van der Waals surface area contributed by atoms with Crippen molar-refractivity contribution in [1.82, 2.24) is 4.98 Å².